The first-order valence-electron chi connectivity index (χ1n) is 4.61. The van der Waals surface area contributed by atoms with Gasteiger partial charge in [-0.05, 0) is 12.5 Å². The Kier molecular flexibility index (Phi) is 4.05. The lowest BCUT2D eigenvalue weighted by Crippen LogP contribution is -2.13. The van der Waals surface area contributed by atoms with Crippen LogP contribution in [-0.2, 0) is 4.79 Å². The van der Waals surface area contributed by atoms with E-state index in [1.165, 1.54) is 0 Å². The lowest BCUT2D eigenvalue weighted by atomic mass is 10.1. The maximum absolute atomic E-state index is 10.4. The van der Waals surface area contributed by atoms with Crippen molar-refractivity contribution in [2.24, 2.45) is 5.73 Å². The highest BCUT2D eigenvalue weighted by molar-refractivity contribution is 5.66. The first-order valence-corrected chi connectivity index (χ1v) is 4.61. The summed E-state index contributed by atoms with van der Waals surface area (Å²) in [4.78, 5) is 14.4. The van der Waals surface area contributed by atoms with Crippen LogP contribution in [0.5, 0.6) is 5.75 Å². The molecule has 0 aliphatic heterocycles. The molecule has 0 fully saturated rings. The van der Waals surface area contributed by atoms with Gasteiger partial charge in [-0.1, -0.05) is 0 Å². The minimum Gasteiger partial charge on any atom is -0.497 e. The van der Waals surface area contributed by atoms with Gasteiger partial charge in [0.05, 0.1) is 12.8 Å². The van der Waals surface area contributed by atoms with E-state index < -0.39 is 5.97 Å². The van der Waals surface area contributed by atoms with E-state index in [1.54, 1.807) is 25.4 Å². The number of hydrogen-bond acceptors (Lipinski definition) is 4. The van der Waals surface area contributed by atoms with Gasteiger partial charge in [-0.25, -0.2) is 0 Å². The standard InChI is InChI=1S/C10H14N2O3/c1-15-7-4-5-12-9(6-7)8(11)2-3-10(13)14/h4-6,8H,2-3,11H2,1H3,(H,13,14). The average Bonchev–Trinajstić information content (AvgIpc) is 2.26. The van der Waals surface area contributed by atoms with Crippen molar-refractivity contribution in [2.75, 3.05) is 7.11 Å². The van der Waals surface area contributed by atoms with Crippen LogP contribution in [0, 0.1) is 0 Å². The van der Waals surface area contributed by atoms with Gasteiger partial charge >= 0.3 is 5.97 Å². The number of hydrogen-bond donors (Lipinski definition) is 2. The summed E-state index contributed by atoms with van der Waals surface area (Å²) in [6.45, 7) is 0. The number of nitrogens with two attached hydrogens (primary N) is 1. The molecule has 15 heavy (non-hydrogen) atoms. The Labute approximate surface area is 87.9 Å². The van der Waals surface area contributed by atoms with E-state index in [2.05, 4.69) is 4.98 Å². The van der Waals surface area contributed by atoms with E-state index >= 15 is 0 Å². The largest absolute Gasteiger partial charge is 0.497 e. The van der Waals surface area contributed by atoms with Crippen LogP contribution in [0.3, 0.4) is 0 Å². The number of pyridine rings is 1. The van der Waals surface area contributed by atoms with Crippen molar-refractivity contribution in [3.8, 4) is 5.75 Å². The lowest BCUT2D eigenvalue weighted by molar-refractivity contribution is -0.137. The van der Waals surface area contributed by atoms with Crippen LogP contribution < -0.4 is 10.5 Å². The zero-order chi connectivity index (χ0) is 11.3. The van der Waals surface area contributed by atoms with Gasteiger partial charge in [-0.2, -0.15) is 0 Å². The first kappa shape index (κ1) is 11.5. The number of carboxylic acids is 1. The molecular weight excluding hydrogens is 196 g/mol. The summed E-state index contributed by atoms with van der Waals surface area (Å²) in [6.07, 6.45) is 2.00. The fourth-order valence-electron chi connectivity index (χ4n) is 1.18. The Hall–Kier alpha value is -1.62. The predicted octanol–water partition coefficient (Wildman–Crippen LogP) is 0.955. The van der Waals surface area contributed by atoms with Crippen LogP contribution in [0.2, 0.25) is 0 Å². The Morgan fingerprint density at radius 1 is 1.73 bits per heavy atom. The number of rotatable bonds is 5. The average molecular weight is 210 g/mol. The zero-order valence-corrected chi connectivity index (χ0v) is 8.51. The maximum atomic E-state index is 10.4. The second-order valence-corrected chi connectivity index (χ2v) is 3.16. The van der Waals surface area contributed by atoms with Gasteiger partial charge in [0, 0.05) is 24.7 Å². The lowest BCUT2D eigenvalue weighted by Gasteiger charge is -2.10. The molecule has 3 N–H and O–H groups in total. The van der Waals surface area contributed by atoms with Crippen LogP contribution in [0.25, 0.3) is 0 Å². The summed E-state index contributed by atoms with van der Waals surface area (Å²) < 4.78 is 5.02. The van der Waals surface area contributed by atoms with Crippen molar-refractivity contribution in [1.82, 2.24) is 4.98 Å². The van der Waals surface area contributed by atoms with Crippen LogP contribution in [0.4, 0.5) is 0 Å². The monoisotopic (exact) mass is 210 g/mol. The van der Waals surface area contributed by atoms with Gasteiger partial charge in [0.15, 0.2) is 0 Å². The van der Waals surface area contributed by atoms with Crippen molar-refractivity contribution in [2.45, 2.75) is 18.9 Å². The Morgan fingerprint density at radius 2 is 2.47 bits per heavy atom. The van der Waals surface area contributed by atoms with Gasteiger partial charge in [0.2, 0.25) is 0 Å². The molecular formula is C10H14N2O3. The van der Waals surface area contributed by atoms with E-state index in [0.717, 1.165) is 0 Å². The summed E-state index contributed by atoms with van der Waals surface area (Å²) in [6, 6.07) is 3.07. The van der Waals surface area contributed by atoms with Gasteiger partial charge < -0.3 is 15.6 Å². The third kappa shape index (κ3) is 3.55. The smallest absolute Gasteiger partial charge is 0.303 e. The topological polar surface area (TPSA) is 85.4 Å². The zero-order valence-electron chi connectivity index (χ0n) is 8.51. The van der Waals surface area contributed by atoms with E-state index in [-0.39, 0.29) is 12.5 Å². The molecule has 1 aromatic rings. The number of aromatic nitrogens is 1. The molecule has 1 rings (SSSR count). The number of ether oxygens (including phenoxy) is 1. The number of carboxylic acid groups (broad SMARTS) is 1. The molecule has 0 aromatic carbocycles. The second-order valence-electron chi connectivity index (χ2n) is 3.16. The van der Waals surface area contributed by atoms with Crippen molar-refractivity contribution in [1.29, 1.82) is 0 Å². The molecule has 5 nitrogen and oxygen atoms in total. The number of nitrogens with zero attached hydrogens (tertiary/aromatic N) is 1. The van der Waals surface area contributed by atoms with Gasteiger partial charge in [-0.3, -0.25) is 9.78 Å². The van der Waals surface area contributed by atoms with E-state index in [9.17, 15) is 4.79 Å². The molecule has 5 heteroatoms. The number of aliphatic carboxylic acids is 1. The SMILES string of the molecule is COc1ccnc(C(N)CCC(=O)O)c1. The van der Waals surface area contributed by atoms with Gasteiger partial charge in [-0.15, -0.1) is 0 Å². The van der Waals surface area contributed by atoms with Crippen LogP contribution in [0.1, 0.15) is 24.6 Å². The van der Waals surface area contributed by atoms with Crippen LogP contribution in [-0.4, -0.2) is 23.2 Å². The second kappa shape index (κ2) is 5.31. The van der Waals surface area contributed by atoms with E-state index in [4.69, 9.17) is 15.6 Å². The molecule has 0 bridgehead atoms. The molecule has 0 saturated carbocycles. The fourth-order valence-corrected chi connectivity index (χ4v) is 1.18. The molecule has 0 aliphatic rings. The van der Waals surface area contributed by atoms with Crippen molar-refractivity contribution in [3.05, 3.63) is 24.0 Å². The molecule has 1 unspecified atom stereocenters. The quantitative estimate of drug-likeness (QED) is 0.755. The highest BCUT2D eigenvalue weighted by Crippen LogP contribution is 2.18. The van der Waals surface area contributed by atoms with Crippen molar-refractivity contribution < 1.29 is 14.6 Å². The van der Waals surface area contributed by atoms with E-state index in [1.807, 2.05) is 0 Å². The summed E-state index contributed by atoms with van der Waals surface area (Å²) in [7, 11) is 1.56. The molecule has 82 valence electrons. The van der Waals surface area contributed by atoms with Crippen LogP contribution in [0.15, 0.2) is 18.3 Å². The summed E-state index contributed by atoms with van der Waals surface area (Å²) in [5, 5.41) is 8.51. The normalized spacial score (nSPS) is 12.1. The Bertz CT molecular complexity index is 341. The van der Waals surface area contributed by atoms with Gasteiger partial charge in [0.1, 0.15) is 5.75 Å². The molecule has 0 spiro atoms. The molecule has 0 radical (unpaired) electrons. The summed E-state index contributed by atoms with van der Waals surface area (Å²) in [5.41, 5.74) is 6.43. The molecule has 1 atom stereocenters. The Morgan fingerprint density at radius 3 is 3.07 bits per heavy atom. The van der Waals surface area contributed by atoms with E-state index in [0.29, 0.717) is 17.9 Å². The fraction of sp³-hybridized carbons (Fsp3) is 0.400. The molecule has 1 heterocycles. The van der Waals surface area contributed by atoms with Crippen molar-refractivity contribution in [3.63, 3.8) is 0 Å². The summed E-state index contributed by atoms with van der Waals surface area (Å²) in [5.74, 6) is -0.181. The summed E-state index contributed by atoms with van der Waals surface area (Å²) >= 11 is 0. The number of carbonyl (C=O) groups is 1. The minimum atomic E-state index is -0.853. The minimum absolute atomic E-state index is 0.0417. The molecule has 0 saturated heterocycles. The molecule has 1 aromatic heterocycles. The Balaban J connectivity index is 2.64. The highest BCUT2D eigenvalue weighted by atomic mass is 16.5. The maximum Gasteiger partial charge on any atom is 0.303 e. The van der Waals surface area contributed by atoms with Crippen LogP contribution >= 0.6 is 0 Å². The highest BCUT2D eigenvalue weighted by Gasteiger charge is 2.10. The predicted molar refractivity (Wildman–Crippen MR) is 54.6 cm³/mol. The first-order chi connectivity index (χ1) is 7.13. The number of methoxy groups -OCH3 is 1. The van der Waals surface area contributed by atoms with Crippen molar-refractivity contribution >= 4 is 5.97 Å². The third-order valence-electron chi connectivity index (χ3n) is 2.04. The molecule has 0 aliphatic carbocycles. The van der Waals surface area contributed by atoms with Gasteiger partial charge in [0.25, 0.3) is 0 Å². The third-order valence-corrected chi connectivity index (χ3v) is 2.04. The molecule has 0 amide bonds.